The molecular weight excluding hydrogens is 374 g/mol. The Morgan fingerprint density at radius 3 is 2.75 bits per heavy atom. The van der Waals surface area contributed by atoms with Crippen molar-refractivity contribution in [3.63, 3.8) is 0 Å². The van der Waals surface area contributed by atoms with E-state index in [4.69, 9.17) is 4.74 Å². The van der Waals surface area contributed by atoms with Crippen molar-refractivity contribution in [2.75, 3.05) is 26.2 Å². The molecule has 2 aromatic rings. The van der Waals surface area contributed by atoms with E-state index in [1.54, 1.807) is 0 Å². The minimum Gasteiger partial charge on any atom is -0.493 e. The van der Waals surface area contributed by atoms with Gasteiger partial charge in [-0.1, -0.05) is 12.1 Å². The SMILES string of the molecule is CCOc1ccccc1-c1nc(CC(=O)N2CCC(CNC(C)=O)CC2)cs1. The second kappa shape index (κ2) is 9.68. The van der Waals surface area contributed by atoms with E-state index in [0.29, 0.717) is 25.5 Å². The molecule has 0 saturated carbocycles. The number of thiazole rings is 1. The van der Waals surface area contributed by atoms with Gasteiger partial charge in [-0.2, -0.15) is 0 Å². The zero-order chi connectivity index (χ0) is 19.9. The number of aromatic nitrogens is 1. The molecule has 1 aromatic carbocycles. The summed E-state index contributed by atoms with van der Waals surface area (Å²) in [5, 5.41) is 5.70. The number of nitrogens with one attached hydrogen (secondary N) is 1. The van der Waals surface area contributed by atoms with Crippen molar-refractivity contribution in [3.8, 4) is 16.3 Å². The van der Waals surface area contributed by atoms with Crippen molar-refractivity contribution in [2.24, 2.45) is 5.92 Å². The number of piperidine rings is 1. The maximum atomic E-state index is 12.7. The minimum absolute atomic E-state index is 0.00347. The van der Waals surface area contributed by atoms with E-state index in [9.17, 15) is 9.59 Å². The molecule has 0 atom stereocenters. The molecule has 150 valence electrons. The fourth-order valence-corrected chi connectivity index (χ4v) is 4.23. The van der Waals surface area contributed by atoms with Gasteiger partial charge in [0.1, 0.15) is 10.8 Å². The standard InChI is InChI=1S/C21H27N3O3S/c1-3-27-19-7-5-4-6-18(19)21-23-17(14-28-21)12-20(26)24-10-8-16(9-11-24)13-22-15(2)25/h4-7,14,16H,3,8-13H2,1-2H3,(H,22,25). The van der Waals surface area contributed by atoms with Crippen LogP contribution in [0.1, 0.15) is 32.4 Å². The molecule has 6 nitrogen and oxygen atoms in total. The molecule has 2 heterocycles. The molecule has 0 spiro atoms. The third kappa shape index (κ3) is 5.32. The first kappa shape index (κ1) is 20.3. The van der Waals surface area contributed by atoms with Crippen LogP contribution in [0.2, 0.25) is 0 Å². The summed E-state index contributed by atoms with van der Waals surface area (Å²) in [5.41, 5.74) is 1.77. The summed E-state index contributed by atoms with van der Waals surface area (Å²) in [6, 6.07) is 7.85. The van der Waals surface area contributed by atoms with Gasteiger partial charge in [-0.15, -0.1) is 11.3 Å². The Kier molecular flexibility index (Phi) is 7.03. The maximum absolute atomic E-state index is 12.7. The average Bonchev–Trinajstić information content (AvgIpc) is 3.15. The highest BCUT2D eigenvalue weighted by Crippen LogP contribution is 2.32. The van der Waals surface area contributed by atoms with Crippen LogP contribution in [0.15, 0.2) is 29.6 Å². The van der Waals surface area contributed by atoms with E-state index in [1.165, 1.54) is 18.3 Å². The molecule has 3 rings (SSSR count). The zero-order valence-corrected chi connectivity index (χ0v) is 17.3. The lowest BCUT2D eigenvalue weighted by Gasteiger charge is -2.32. The van der Waals surface area contributed by atoms with E-state index >= 15 is 0 Å². The molecule has 1 saturated heterocycles. The number of likely N-dealkylation sites (tertiary alicyclic amines) is 1. The Morgan fingerprint density at radius 1 is 1.29 bits per heavy atom. The summed E-state index contributed by atoms with van der Waals surface area (Å²) in [6.45, 7) is 6.29. The maximum Gasteiger partial charge on any atom is 0.228 e. The van der Waals surface area contributed by atoms with Crippen LogP contribution in [0.25, 0.3) is 10.6 Å². The van der Waals surface area contributed by atoms with Crippen LogP contribution in [0.4, 0.5) is 0 Å². The Balaban J connectivity index is 1.56. The summed E-state index contributed by atoms with van der Waals surface area (Å²) < 4.78 is 5.69. The summed E-state index contributed by atoms with van der Waals surface area (Å²) in [4.78, 5) is 30.3. The molecule has 1 fully saturated rings. The zero-order valence-electron chi connectivity index (χ0n) is 16.4. The molecule has 1 aliphatic heterocycles. The first-order chi connectivity index (χ1) is 13.6. The molecule has 1 aromatic heterocycles. The molecule has 0 unspecified atom stereocenters. The highest BCUT2D eigenvalue weighted by atomic mass is 32.1. The predicted octanol–water partition coefficient (Wildman–Crippen LogP) is 3.13. The minimum atomic E-state index is 0.00347. The van der Waals surface area contributed by atoms with E-state index in [2.05, 4.69) is 10.3 Å². The Labute approximate surface area is 169 Å². The van der Waals surface area contributed by atoms with Crippen molar-refractivity contribution >= 4 is 23.2 Å². The third-order valence-corrected chi connectivity index (χ3v) is 5.83. The van der Waals surface area contributed by atoms with Crippen LogP contribution in [0.3, 0.4) is 0 Å². The van der Waals surface area contributed by atoms with Gasteiger partial charge in [0.15, 0.2) is 0 Å². The fourth-order valence-electron chi connectivity index (χ4n) is 3.38. The van der Waals surface area contributed by atoms with Crippen LogP contribution in [-0.4, -0.2) is 47.9 Å². The van der Waals surface area contributed by atoms with Gasteiger partial charge in [0, 0.05) is 31.9 Å². The quantitative estimate of drug-likeness (QED) is 0.774. The van der Waals surface area contributed by atoms with E-state index in [1.807, 2.05) is 41.5 Å². The molecule has 0 aliphatic carbocycles. The summed E-state index contributed by atoms with van der Waals surface area (Å²) in [7, 11) is 0. The molecule has 1 N–H and O–H groups in total. The van der Waals surface area contributed by atoms with Crippen molar-refractivity contribution in [1.82, 2.24) is 15.2 Å². The second-order valence-corrected chi connectivity index (χ2v) is 7.87. The number of nitrogens with zero attached hydrogens (tertiary/aromatic N) is 2. The lowest BCUT2D eigenvalue weighted by molar-refractivity contribution is -0.132. The Hall–Kier alpha value is -2.41. The number of rotatable bonds is 7. The first-order valence-electron chi connectivity index (χ1n) is 9.75. The van der Waals surface area contributed by atoms with Crippen molar-refractivity contribution < 1.29 is 14.3 Å². The molecule has 28 heavy (non-hydrogen) atoms. The highest BCUT2D eigenvalue weighted by molar-refractivity contribution is 7.13. The van der Waals surface area contributed by atoms with Crippen LogP contribution in [-0.2, 0) is 16.0 Å². The highest BCUT2D eigenvalue weighted by Gasteiger charge is 2.23. The van der Waals surface area contributed by atoms with Gasteiger partial charge in [0.25, 0.3) is 0 Å². The van der Waals surface area contributed by atoms with Crippen LogP contribution in [0, 0.1) is 5.92 Å². The number of benzene rings is 1. The number of hydrogen-bond donors (Lipinski definition) is 1. The smallest absolute Gasteiger partial charge is 0.228 e. The molecule has 0 bridgehead atoms. The molecule has 1 aliphatic rings. The fraction of sp³-hybridized carbons (Fsp3) is 0.476. The van der Waals surface area contributed by atoms with Crippen molar-refractivity contribution in [2.45, 2.75) is 33.1 Å². The number of para-hydroxylation sites is 1. The number of amides is 2. The van der Waals surface area contributed by atoms with Crippen molar-refractivity contribution in [3.05, 3.63) is 35.3 Å². The topological polar surface area (TPSA) is 71.5 Å². The van der Waals surface area contributed by atoms with Crippen molar-refractivity contribution in [1.29, 1.82) is 0 Å². The number of ether oxygens (including phenoxy) is 1. The molecule has 2 amide bonds. The van der Waals surface area contributed by atoms with Gasteiger partial charge >= 0.3 is 0 Å². The predicted molar refractivity (Wildman–Crippen MR) is 110 cm³/mol. The summed E-state index contributed by atoms with van der Waals surface area (Å²) >= 11 is 1.54. The second-order valence-electron chi connectivity index (χ2n) is 7.01. The lowest BCUT2D eigenvalue weighted by Crippen LogP contribution is -2.41. The Morgan fingerprint density at radius 2 is 2.04 bits per heavy atom. The summed E-state index contributed by atoms with van der Waals surface area (Å²) in [6.07, 6.45) is 2.18. The lowest BCUT2D eigenvalue weighted by atomic mass is 9.96. The molecule has 7 heteroatoms. The van der Waals surface area contributed by atoms with Crippen LogP contribution in [0.5, 0.6) is 5.75 Å². The first-order valence-corrected chi connectivity index (χ1v) is 10.6. The van der Waals surface area contributed by atoms with E-state index in [-0.39, 0.29) is 11.8 Å². The monoisotopic (exact) mass is 401 g/mol. The number of carbonyl (C=O) groups excluding carboxylic acids is 2. The van der Waals surface area contributed by atoms with E-state index < -0.39 is 0 Å². The molecule has 0 radical (unpaired) electrons. The largest absolute Gasteiger partial charge is 0.493 e. The summed E-state index contributed by atoms with van der Waals surface area (Å²) in [5.74, 6) is 1.39. The van der Waals surface area contributed by atoms with E-state index in [0.717, 1.165) is 47.9 Å². The van der Waals surface area contributed by atoms with Gasteiger partial charge in [0.2, 0.25) is 11.8 Å². The third-order valence-electron chi connectivity index (χ3n) is 4.91. The van der Waals surface area contributed by atoms with Gasteiger partial charge in [0.05, 0.1) is 24.3 Å². The number of hydrogen-bond acceptors (Lipinski definition) is 5. The molecular formula is C21H27N3O3S. The average molecular weight is 402 g/mol. The van der Waals surface area contributed by atoms with Crippen LogP contribution >= 0.6 is 11.3 Å². The Bertz CT molecular complexity index is 813. The normalized spacial score (nSPS) is 14.7. The number of carbonyl (C=O) groups is 2. The van der Waals surface area contributed by atoms with Gasteiger partial charge in [-0.25, -0.2) is 4.98 Å². The van der Waals surface area contributed by atoms with Crippen LogP contribution < -0.4 is 10.1 Å². The van der Waals surface area contributed by atoms with Gasteiger partial charge in [-0.3, -0.25) is 9.59 Å². The van der Waals surface area contributed by atoms with Gasteiger partial charge in [-0.05, 0) is 37.8 Å². The van der Waals surface area contributed by atoms with Gasteiger partial charge < -0.3 is 15.0 Å².